The maximum atomic E-state index is 13.7. The maximum absolute atomic E-state index is 13.7. The molecule has 3 heterocycles. The topological polar surface area (TPSA) is 81.7 Å². The normalized spacial score (nSPS) is 24.2. The molecule has 0 aromatic heterocycles. The molecule has 3 N–H and O–H groups in total. The SMILES string of the molecule is O=C(O)C[C@H](c1cccc(F)c1)[C@@H]1CCN(CCCC2=CC=C3CCCNC3N2)C1=O. The quantitative estimate of drug-likeness (QED) is 0.594. The maximum Gasteiger partial charge on any atom is 0.303 e. The highest BCUT2D eigenvalue weighted by molar-refractivity contribution is 5.83. The summed E-state index contributed by atoms with van der Waals surface area (Å²) < 4.78 is 13.7. The van der Waals surface area contributed by atoms with Gasteiger partial charge in [-0.25, -0.2) is 4.39 Å². The van der Waals surface area contributed by atoms with Crippen molar-refractivity contribution in [2.45, 2.75) is 50.6 Å². The number of aliphatic carboxylic acids is 1. The van der Waals surface area contributed by atoms with E-state index >= 15 is 0 Å². The number of carbonyl (C=O) groups is 2. The number of fused-ring (bicyclic) bond motifs is 1. The van der Waals surface area contributed by atoms with E-state index in [9.17, 15) is 19.1 Å². The zero-order chi connectivity index (χ0) is 21.8. The van der Waals surface area contributed by atoms with Gasteiger partial charge < -0.3 is 15.3 Å². The number of hydrogen-bond acceptors (Lipinski definition) is 4. The van der Waals surface area contributed by atoms with Gasteiger partial charge in [0.05, 0.1) is 12.6 Å². The Hall–Kier alpha value is -2.67. The fourth-order valence-corrected chi connectivity index (χ4v) is 4.97. The minimum absolute atomic E-state index is 0.0165. The van der Waals surface area contributed by atoms with E-state index in [0.717, 1.165) is 25.8 Å². The summed E-state index contributed by atoms with van der Waals surface area (Å²) >= 11 is 0. The number of amides is 1. The molecule has 1 amide bonds. The lowest BCUT2D eigenvalue weighted by Gasteiger charge is -2.32. The number of likely N-dealkylation sites (tertiary alicyclic amines) is 1. The third-order valence-electron chi connectivity index (χ3n) is 6.56. The summed E-state index contributed by atoms with van der Waals surface area (Å²) in [6, 6.07) is 5.97. The standard InChI is InChI=1S/C24H30FN3O3/c25-18-6-1-4-17(14-18)21(15-22(29)30)20-10-13-28(24(20)31)12-3-7-19-9-8-16-5-2-11-26-23(16)27-19/h1,4,6,8-9,14,20-21,23,26-27H,2-3,5,7,10-13,15H2,(H,29,30)/t20-,21+,23?/m0/s1. The lowest BCUT2D eigenvalue weighted by Crippen LogP contribution is -2.47. The first-order valence-corrected chi connectivity index (χ1v) is 11.2. The monoisotopic (exact) mass is 427 g/mol. The molecule has 3 atom stereocenters. The molecule has 166 valence electrons. The highest BCUT2D eigenvalue weighted by Gasteiger charge is 2.38. The Morgan fingerprint density at radius 1 is 1.32 bits per heavy atom. The van der Waals surface area contributed by atoms with Crippen molar-refractivity contribution in [3.05, 3.63) is 59.1 Å². The van der Waals surface area contributed by atoms with Crippen molar-refractivity contribution in [2.24, 2.45) is 5.92 Å². The van der Waals surface area contributed by atoms with Crippen LogP contribution < -0.4 is 10.6 Å². The Morgan fingerprint density at radius 3 is 3.00 bits per heavy atom. The van der Waals surface area contributed by atoms with Crippen molar-refractivity contribution in [1.29, 1.82) is 0 Å². The van der Waals surface area contributed by atoms with E-state index in [4.69, 9.17) is 0 Å². The van der Waals surface area contributed by atoms with E-state index in [-0.39, 0.29) is 18.5 Å². The van der Waals surface area contributed by atoms with Crippen LogP contribution in [0.2, 0.25) is 0 Å². The van der Waals surface area contributed by atoms with Crippen molar-refractivity contribution in [1.82, 2.24) is 15.5 Å². The van der Waals surface area contributed by atoms with Gasteiger partial charge in [0, 0.05) is 30.6 Å². The second-order valence-electron chi connectivity index (χ2n) is 8.65. The first-order valence-electron chi connectivity index (χ1n) is 11.2. The average Bonchev–Trinajstić information content (AvgIpc) is 3.12. The Labute approximate surface area is 182 Å². The van der Waals surface area contributed by atoms with E-state index < -0.39 is 23.6 Å². The third kappa shape index (κ3) is 5.15. The number of carboxylic acid groups (broad SMARTS) is 1. The molecule has 3 aliphatic heterocycles. The largest absolute Gasteiger partial charge is 0.481 e. The summed E-state index contributed by atoms with van der Waals surface area (Å²) in [5, 5.41) is 16.4. The third-order valence-corrected chi connectivity index (χ3v) is 6.56. The van der Waals surface area contributed by atoms with Crippen molar-refractivity contribution in [2.75, 3.05) is 19.6 Å². The second-order valence-corrected chi connectivity index (χ2v) is 8.65. The van der Waals surface area contributed by atoms with E-state index in [1.165, 1.54) is 29.8 Å². The number of allylic oxidation sites excluding steroid dienone is 3. The summed E-state index contributed by atoms with van der Waals surface area (Å²) in [4.78, 5) is 26.3. The molecule has 1 aromatic rings. The minimum atomic E-state index is -0.973. The van der Waals surface area contributed by atoms with Crippen molar-refractivity contribution < 1.29 is 19.1 Å². The number of hydrogen-bond donors (Lipinski definition) is 3. The number of nitrogens with one attached hydrogen (secondary N) is 2. The Kier molecular flexibility index (Phi) is 6.70. The van der Waals surface area contributed by atoms with Gasteiger partial charge in [0.1, 0.15) is 5.82 Å². The van der Waals surface area contributed by atoms with Gasteiger partial charge in [-0.15, -0.1) is 0 Å². The molecule has 7 heteroatoms. The molecule has 0 spiro atoms. The predicted molar refractivity (Wildman–Crippen MR) is 116 cm³/mol. The molecule has 3 aliphatic rings. The Morgan fingerprint density at radius 2 is 2.19 bits per heavy atom. The van der Waals surface area contributed by atoms with Gasteiger partial charge in [-0.1, -0.05) is 18.2 Å². The summed E-state index contributed by atoms with van der Waals surface area (Å²) in [5.74, 6) is -2.32. The second kappa shape index (κ2) is 9.64. The first-order chi connectivity index (χ1) is 15.0. The molecule has 0 aliphatic carbocycles. The van der Waals surface area contributed by atoms with Crippen LogP contribution in [0.1, 0.15) is 50.0 Å². The molecule has 31 heavy (non-hydrogen) atoms. The molecule has 2 saturated heterocycles. The number of carboxylic acids is 1. The summed E-state index contributed by atoms with van der Waals surface area (Å²) in [6.45, 7) is 2.29. The molecule has 4 rings (SSSR count). The number of halogens is 1. The van der Waals surface area contributed by atoms with Crippen molar-refractivity contribution in [3.63, 3.8) is 0 Å². The van der Waals surface area contributed by atoms with Crippen molar-refractivity contribution >= 4 is 11.9 Å². The van der Waals surface area contributed by atoms with Gasteiger partial charge >= 0.3 is 5.97 Å². The van der Waals surface area contributed by atoms with E-state index in [1.807, 2.05) is 4.90 Å². The lowest BCUT2D eigenvalue weighted by atomic mass is 9.82. The lowest BCUT2D eigenvalue weighted by molar-refractivity contribution is -0.138. The van der Waals surface area contributed by atoms with Crippen LogP contribution in [-0.4, -0.2) is 47.7 Å². The van der Waals surface area contributed by atoms with Crippen LogP contribution in [0.25, 0.3) is 0 Å². The van der Waals surface area contributed by atoms with Crippen LogP contribution in [0.5, 0.6) is 0 Å². The van der Waals surface area contributed by atoms with Crippen LogP contribution in [0, 0.1) is 11.7 Å². The van der Waals surface area contributed by atoms with E-state index in [2.05, 4.69) is 22.8 Å². The Bertz CT molecular complexity index is 898. The van der Waals surface area contributed by atoms with Gasteiger partial charge in [0.15, 0.2) is 0 Å². The van der Waals surface area contributed by atoms with Gasteiger partial charge in [0.25, 0.3) is 0 Å². The molecule has 2 fully saturated rings. The molecule has 0 saturated carbocycles. The highest BCUT2D eigenvalue weighted by Crippen LogP contribution is 2.36. The predicted octanol–water partition coefficient (Wildman–Crippen LogP) is 3.14. The molecule has 1 unspecified atom stereocenters. The fraction of sp³-hybridized carbons (Fsp3) is 0.500. The number of carbonyl (C=O) groups excluding carboxylic acids is 1. The van der Waals surface area contributed by atoms with Crippen LogP contribution in [-0.2, 0) is 9.59 Å². The number of rotatable bonds is 8. The number of nitrogens with zero attached hydrogens (tertiary/aromatic N) is 1. The molecule has 0 radical (unpaired) electrons. The average molecular weight is 428 g/mol. The summed E-state index contributed by atoms with van der Waals surface area (Å²) in [5.41, 5.74) is 3.16. The van der Waals surface area contributed by atoms with Gasteiger partial charge in [-0.05, 0) is 68.0 Å². The summed E-state index contributed by atoms with van der Waals surface area (Å²) in [6.07, 6.45) is 9.00. The molecule has 0 bridgehead atoms. The zero-order valence-electron chi connectivity index (χ0n) is 17.6. The van der Waals surface area contributed by atoms with Gasteiger partial charge in [0.2, 0.25) is 5.91 Å². The van der Waals surface area contributed by atoms with E-state index in [1.54, 1.807) is 12.1 Å². The van der Waals surface area contributed by atoms with Crippen LogP contribution in [0.4, 0.5) is 4.39 Å². The summed E-state index contributed by atoms with van der Waals surface area (Å²) in [7, 11) is 0. The first kappa shape index (κ1) is 21.6. The fourth-order valence-electron chi connectivity index (χ4n) is 4.97. The number of benzene rings is 1. The minimum Gasteiger partial charge on any atom is -0.481 e. The molecule has 1 aromatic carbocycles. The number of piperidine rings is 1. The van der Waals surface area contributed by atoms with Crippen LogP contribution in [0.15, 0.2) is 47.7 Å². The van der Waals surface area contributed by atoms with Crippen molar-refractivity contribution in [3.8, 4) is 0 Å². The molecular formula is C24H30FN3O3. The molecular weight excluding hydrogens is 397 g/mol. The highest BCUT2D eigenvalue weighted by atomic mass is 19.1. The smallest absolute Gasteiger partial charge is 0.303 e. The number of dihydropyridines is 1. The van der Waals surface area contributed by atoms with Gasteiger partial charge in [-0.2, -0.15) is 0 Å². The van der Waals surface area contributed by atoms with Crippen LogP contribution in [0.3, 0.4) is 0 Å². The molecule has 6 nitrogen and oxygen atoms in total. The van der Waals surface area contributed by atoms with Crippen LogP contribution >= 0.6 is 0 Å². The van der Waals surface area contributed by atoms with E-state index in [0.29, 0.717) is 25.1 Å². The van der Waals surface area contributed by atoms with Gasteiger partial charge in [-0.3, -0.25) is 14.9 Å². The Balaban J connectivity index is 1.34. The zero-order valence-corrected chi connectivity index (χ0v) is 17.6.